The molecule has 0 saturated carbocycles. The second-order valence-corrected chi connectivity index (χ2v) is 4.04. The number of hydrogen-bond donors (Lipinski definition) is 3. The van der Waals surface area contributed by atoms with E-state index in [2.05, 4.69) is 10.4 Å². The van der Waals surface area contributed by atoms with Crippen molar-refractivity contribution in [2.24, 2.45) is 5.11 Å². The van der Waals surface area contributed by atoms with E-state index in [9.17, 15) is 13.9 Å². The van der Waals surface area contributed by atoms with Crippen LogP contribution in [0.5, 0.6) is 0 Å². The lowest BCUT2D eigenvalue weighted by Gasteiger charge is -2.20. The lowest BCUT2D eigenvalue weighted by atomic mass is 10.0. The first kappa shape index (κ1) is 14.2. The summed E-state index contributed by atoms with van der Waals surface area (Å²) in [6, 6.07) is 3.07. The van der Waals surface area contributed by atoms with Crippen LogP contribution in [0.15, 0.2) is 35.2 Å². The fourth-order valence-corrected chi connectivity index (χ4v) is 1.24. The molecule has 1 aromatic rings. The molecule has 0 aliphatic heterocycles. The number of benzene rings is 1. The van der Waals surface area contributed by atoms with Crippen molar-refractivity contribution in [3.8, 4) is 0 Å². The summed E-state index contributed by atoms with van der Waals surface area (Å²) >= 11 is 0. The summed E-state index contributed by atoms with van der Waals surface area (Å²) in [4.78, 5) is 0. The minimum absolute atomic E-state index is 0.0458. The van der Waals surface area contributed by atoms with Gasteiger partial charge >= 0.3 is 0 Å². The van der Waals surface area contributed by atoms with Gasteiger partial charge in [-0.3, -0.25) is 0 Å². The summed E-state index contributed by atoms with van der Waals surface area (Å²) in [5.74, 6) is -1.43. The Kier molecular flexibility index (Phi) is 4.49. The summed E-state index contributed by atoms with van der Waals surface area (Å²) in [5.41, 5.74) is 5.81. The molecule has 4 nitrogen and oxygen atoms in total. The molecule has 0 aliphatic carbocycles. The highest BCUT2D eigenvalue weighted by Gasteiger charge is 2.23. The molecule has 0 saturated heterocycles. The van der Waals surface area contributed by atoms with Gasteiger partial charge in [-0.2, -0.15) is 5.11 Å². The van der Waals surface area contributed by atoms with Crippen molar-refractivity contribution in [3.63, 3.8) is 0 Å². The van der Waals surface area contributed by atoms with Crippen molar-refractivity contribution < 1.29 is 13.9 Å². The molecule has 0 bridgehead atoms. The average molecular weight is 255 g/mol. The van der Waals surface area contributed by atoms with Crippen molar-refractivity contribution in [2.75, 3.05) is 5.32 Å². The molecule has 0 radical (unpaired) electrons. The molecule has 0 aromatic heterocycles. The van der Waals surface area contributed by atoms with Gasteiger partial charge < -0.3 is 10.4 Å². The molecule has 1 unspecified atom stereocenters. The second-order valence-electron chi connectivity index (χ2n) is 4.04. The van der Waals surface area contributed by atoms with Gasteiger partial charge in [0.1, 0.15) is 22.9 Å². The first-order chi connectivity index (χ1) is 8.40. The number of nitrogens with one attached hydrogen (secondary N) is 2. The van der Waals surface area contributed by atoms with Gasteiger partial charge in [-0.25, -0.2) is 14.3 Å². The fraction of sp³-hybridized carbons (Fsp3) is 0.333. The minimum atomic E-state index is -1.27. The Labute approximate surface area is 104 Å². The lowest BCUT2D eigenvalue weighted by Crippen LogP contribution is -2.25. The highest BCUT2D eigenvalue weighted by Crippen LogP contribution is 2.22. The predicted octanol–water partition coefficient (Wildman–Crippen LogP) is 3.41. The Balaban J connectivity index is 2.93. The van der Waals surface area contributed by atoms with Crippen LogP contribution in [-0.2, 0) is 0 Å². The van der Waals surface area contributed by atoms with E-state index in [4.69, 9.17) is 5.53 Å². The maximum absolute atomic E-state index is 13.3. The van der Waals surface area contributed by atoms with Crippen LogP contribution < -0.4 is 5.32 Å². The van der Waals surface area contributed by atoms with Crippen molar-refractivity contribution in [2.45, 2.75) is 25.9 Å². The number of aliphatic hydroxyl groups is 1. The van der Waals surface area contributed by atoms with Gasteiger partial charge in [0, 0.05) is 12.3 Å². The summed E-state index contributed by atoms with van der Waals surface area (Å²) < 4.78 is 26.0. The normalized spacial score (nSPS) is 15.1. The molecular weight excluding hydrogens is 240 g/mol. The molecule has 98 valence electrons. The third kappa shape index (κ3) is 3.33. The molecule has 1 atom stereocenters. The van der Waals surface area contributed by atoms with Gasteiger partial charge in [0.25, 0.3) is 0 Å². The molecule has 3 N–H and O–H groups in total. The number of hydrogen-bond acceptors (Lipinski definition) is 4. The standard InChI is InChI=1S/C12H15F2N3O/c1-3-12(2,18)11(17-15)7-16-10-5-4-8(13)6-9(10)14/h4-7,15-16,18H,3H2,1-2H3/b11-7-,17-15?. The van der Waals surface area contributed by atoms with Crippen LogP contribution in [-0.4, -0.2) is 10.7 Å². The van der Waals surface area contributed by atoms with E-state index in [0.717, 1.165) is 12.1 Å². The SMILES string of the molecule is CCC(C)(O)/C(=C/Nc1ccc(F)cc1F)N=N. The first-order valence-corrected chi connectivity index (χ1v) is 5.42. The van der Waals surface area contributed by atoms with E-state index < -0.39 is 17.2 Å². The molecule has 0 amide bonds. The topological polar surface area (TPSA) is 68.5 Å². The Hall–Kier alpha value is -1.82. The van der Waals surface area contributed by atoms with Crippen LogP contribution in [0, 0.1) is 17.2 Å². The number of anilines is 1. The highest BCUT2D eigenvalue weighted by molar-refractivity contribution is 5.47. The zero-order valence-corrected chi connectivity index (χ0v) is 10.2. The minimum Gasteiger partial charge on any atom is -0.384 e. The maximum atomic E-state index is 13.3. The van der Waals surface area contributed by atoms with Gasteiger partial charge in [-0.1, -0.05) is 6.92 Å². The van der Waals surface area contributed by atoms with E-state index >= 15 is 0 Å². The van der Waals surface area contributed by atoms with E-state index in [1.165, 1.54) is 19.2 Å². The van der Waals surface area contributed by atoms with Crippen LogP contribution in [0.3, 0.4) is 0 Å². The van der Waals surface area contributed by atoms with E-state index in [1.807, 2.05) is 0 Å². The van der Waals surface area contributed by atoms with Crippen LogP contribution in [0.1, 0.15) is 20.3 Å². The van der Waals surface area contributed by atoms with E-state index in [1.54, 1.807) is 6.92 Å². The number of nitrogens with zero attached hydrogens (tertiary/aromatic N) is 1. The van der Waals surface area contributed by atoms with Crippen LogP contribution in [0.4, 0.5) is 14.5 Å². The molecule has 1 aromatic carbocycles. The molecule has 0 heterocycles. The highest BCUT2D eigenvalue weighted by atomic mass is 19.1. The van der Waals surface area contributed by atoms with Crippen LogP contribution in [0.2, 0.25) is 0 Å². The zero-order chi connectivity index (χ0) is 13.8. The molecule has 6 heteroatoms. The molecule has 0 spiro atoms. The Morgan fingerprint density at radius 2 is 2.22 bits per heavy atom. The Bertz CT molecular complexity index is 472. The summed E-state index contributed by atoms with van der Waals surface area (Å²) in [6.45, 7) is 3.23. The fourth-order valence-electron chi connectivity index (χ4n) is 1.24. The van der Waals surface area contributed by atoms with Crippen LogP contribution in [0.25, 0.3) is 0 Å². The van der Waals surface area contributed by atoms with E-state index in [0.29, 0.717) is 6.42 Å². The van der Waals surface area contributed by atoms with Crippen LogP contribution >= 0.6 is 0 Å². The number of rotatable bonds is 5. The molecule has 18 heavy (non-hydrogen) atoms. The second kappa shape index (κ2) is 5.68. The van der Waals surface area contributed by atoms with Crippen molar-refractivity contribution in [1.29, 1.82) is 5.53 Å². The number of halogens is 2. The van der Waals surface area contributed by atoms with Crippen molar-refractivity contribution in [1.82, 2.24) is 0 Å². The van der Waals surface area contributed by atoms with Gasteiger partial charge in [0.15, 0.2) is 0 Å². The van der Waals surface area contributed by atoms with Gasteiger partial charge in [-0.05, 0) is 25.5 Å². The van der Waals surface area contributed by atoms with Crippen molar-refractivity contribution >= 4 is 5.69 Å². The Morgan fingerprint density at radius 3 is 2.72 bits per heavy atom. The first-order valence-electron chi connectivity index (χ1n) is 5.42. The zero-order valence-electron chi connectivity index (χ0n) is 10.2. The molecule has 0 fully saturated rings. The lowest BCUT2D eigenvalue weighted by molar-refractivity contribution is 0.0917. The summed E-state index contributed by atoms with van der Waals surface area (Å²) in [6.07, 6.45) is 1.58. The average Bonchev–Trinajstić information content (AvgIpc) is 2.32. The third-order valence-corrected chi connectivity index (χ3v) is 2.66. The van der Waals surface area contributed by atoms with Gasteiger partial charge in [0.2, 0.25) is 0 Å². The van der Waals surface area contributed by atoms with E-state index in [-0.39, 0.29) is 11.4 Å². The van der Waals surface area contributed by atoms with Gasteiger partial charge in [-0.15, -0.1) is 0 Å². The molecular formula is C12H15F2N3O. The smallest absolute Gasteiger partial charge is 0.149 e. The van der Waals surface area contributed by atoms with Gasteiger partial charge in [0.05, 0.1) is 5.69 Å². The summed E-state index contributed by atoms with van der Waals surface area (Å²) in [7, 11) is 0. The largest absolute Gasteiger partial charge is 0.384 e. The Morgan fingerprint density at radius 1 is 1.56 bits per heavy atom. The van der Waals surface area contributed by atoms with Crippen molar-refractivity contribution in [3.05, 3.63) is 41.7 Å². The molecule has 0 aliphatic rings. The summed E-state index contributed by atoms with van der Waals surface area (Å²) in [5, 5.41) is 15.6. The quantitative estimate of drug-likeness (QED) is 0.706. The predicted molar refractivity (Wildman–Crippen MR) is 64.1 cm³/mol. The molecule has 1 rings (SSSR count). The third-order valence-electron chi connectivity index (χ3n) is 2.66. The maximum Gasteiger partial charge on any atom is 0.149 e. The monoisotopic (exact) mass is 255 g/mol.